The average Bonchev–Trinajstić information content (AvgIpc) is 2.47. The summed E-state index contributed by atoms with van der Waals surface area (Å²) in [5.41, 5.74) is 1.39. The molecular weight excluding hydrogens is 270 g/mol. The van der Waals surface area contributed by atoms with E-state index in [1.165, 1.54) is 5.56 Å². The summed E-state index contributed by atoms with van der Waals surface area (Å²) in [5, 5.41) is 0. The normalized spacial score (nSPS) is 29.3. The van der Waals surface area contributed by atoms with Gasteiger partial charge in [-0.2, -0.15) is 11.8 Å². The van der Waals surface area contributed by atoms with Gasteiger partial charge >= 0.3 is 0 Å². The number of likely N-dealkylation sites (tertiary alicyclic amines) is 1. The zero-order valence-corrected chi connectivity index (χ0v) is 13.1. The molecule has 20 heavy (non-hydrogen) atoms. The first-order chi connectivity index (χ1) is 9.78. The molecule has 1 aromatic carbocycles. The van der Waals surface area contributed by atoms with Gasteiger partial charge in [0.1, 0.15) is 0 Å². The summed E-state index contributed by atoms with van der Waals surface area (Å²) in [5.74, 6) is 2.81. The number of methoxy groups -OCH3 is 2. The van der Waals surface area contributed by atoms with Gasteiger partial charge in [0.25, 0.3) is 0 Å². The van der Waals surface area contributed by atoms with Gasteiger partial charge in [-0.15, -0.1) is 0 Å². The predicted molar refractivity (Wildman–Crippen MR) is 82.8 cm³/mol. The highest BCUT2D eigenvalue weighted by atomic mass is 32.2. The number of benzene rings is 1. The highest BCUT2D eigenvalue weighted by Crippen LogP contribution is 2.44. The molecule has 2 aliphatic rings. The first-order valence-electron chi connectivity index (χ1n) is 7.23. The van der Waals surface area contributed by atoms with Crippen molar-refractivity contribution < 1.29 is 9.47 Å². The highest BCUT2D eigenvalue weighted by Gasteiger charge is 2.53. The van der Waals surface area contributed by atoms with Crippen LogP contribution in [-0.4, -0.2) is 49.5 Å². The number of thioether (sulfide) groups is 1. The van der Waals surface area contributed by atoms with Crippen LogP contribution in [0.5, 0.6) is 0 Å². The Balaban J connectivity index is 1.74. The van der Waals surface area contributed by atoms with E-state index < -0.39 is 0 Å². The summed E-state index contributed by atoms with van der Waals surface area (Å²) in [6, 6.07) is 10.7. The Kier molecular flexibility index (Phi) is 4.36. The fourth-order valence-electron chi connectivity index (χ4n) is 3.70. The molecule has 3 rings (SSSR count). The Morgan fingerprint density at radius 1 is 1.10 bits per heavy atom. The third-order valence-electron chi connectivity index (χ3n) is 4.62. The van der Waals surface area contributed by atoms with E-state index >= 15 is 0 Å². The van der Waals surface area contributed by atoms with Gasteiger partial charge in [-0.05, 0) is 5.56 Å². The Bertz CT molecular complexity index is 419. The molecule has 2 saturated heterocycles. The van der Waals surface area contributed by atoms with E-state index in [1.807, 2.05) is 11.8 Å². The largest absolute Gasteiger partial charge is 0.352 e. The summed E-state index contributed by atoms with van der Waals surface area (Å²) >= 11 is 2.04. The van der Waals surface area contributed by atoms with Crippen LogP contribution in [0.4, 0.5) is 0 Å². The van der Waals surface area contributed by atoms with Crippen LogP contribution in [0.1, 0.15) is 5.56 Å². The minimum atomic E-state index is -0.363. The van der Waals surface area contributed by atoms with Gasteiger partial charge in [0.15, 0.2) is 5.79 Å². The fourth-order valence-corrected chi connectivity index (χ4v) is 5.08. The van der Waals surface area contributed by atoms with Gasteiger partial charge < -0.3 is 9.47 Å². The molecule has 2 heterocycles. The number of hydrogen-bond acceptors (Lipinski definition) is 4. The van der Waals surface area contributed by atoms with E-state index in [4.69, 9.17) is 9.47 Å². The third kappa shape index (κ3) is 2.50. The molecule has 2 bridgehead atoms. The molecule has 0 aliphatic carbocycles. The van der Waals surface area contributed by atoms with E-state index in [0.717, 1.165) is 31.1 Å². The van der Waals surface area contributed by atoms with Gasteiger partial charge in [0.05, 0.1) is 0 Å². The highest BCUT2D eigenvalue weighted by molar-refractivity contribution is 7.99. The van der Waals surface area contributed by atoms with Crippen LogP contribution < -0.4 is 0 Å². The first-order valence-corrected chi connectivity index (χ1v) is 8.38. The SMILES string of the molecule is COC1(OC)C2CSCC1CN(Cc1ccccc1)C2. The van der Waals surface area contributed by atoms with Gasteiger partial charge in [0, 0.05) is 57.2 Å². The summed E-state index contributed by atoms with van der Waals surface area (Å²) < 4.78 is 11.7. The summed E-state index contributed by atoms with van der Waals surface area (Å²) in [7, 11) is 3.60. The third-order valence-corrected chi connectivity index (χ3v) is 5.90. The van der Waals surface area contributed by atoms with Gasteiger partial charge in [-0.1, -0.05) is 30.3 Å². The molecule has 2 fully saturated rings. The molecule has 0 saturated carbocycles. The molecule has 0 radical (unpaired) electrons. The first kappa shape index (κ1) is 14.4. The van der Waals surface area contributed by atoms with Gasteiger partial charge in [-0.3, -0.25) is 4.90 Å². The van der Waals surface area contributed by atoms with E-state index in [9.17, 15) is 0 Å². The lowest BCUT2D eigenvalue weighted by molar-refractivity contribution is -0.284. The molecular formula is C16H23NO2S. The van der Waals surface area contributed by atoms with Crippen molar-refractivity contribution in [2.75, 3.05) is 38.8 Å². The molecule has 0 N–H and O–H groups in total. The zero-order chi connectivity index (χ0) is 14.0. The Morgan fingerprint density at radius 2 is 1.70 bits per heavy atom. The molecule has 4 heteroatoms. The van der Waals surface area contributed by atoms with Crippen LogP contribution >= 0.6 is 11.8 Å². The van der Waals surface area contributed by atoms with E-state index in [0.29, 0.717) is 11.8 Å². The average molecular weight is 293 g/mol. The second-order valence-corrected chi connectivity index (χ2v) is 6.82. The Morgan fingerprint density at radius 3 is 2.25 bits per heavy atom. The van der Waals surface area contributed by atoms with Crippen molar-refractivity contribution in [2.45, 2.75) is 12.3 Å². The Hall–Kier alpha value is -0.550. The maximum atomic E-state index is 5.83. The fraction of sp³-hybridized carbons (Fsp3) is 0.625. The van der Waals surface area contributed by atoms with Gasteiger partial charge in [0.2, 0.25) is 0 Å². The second-order valence-electron chi connectivity index (χ2n) is 5.74. The quantitative estimate of drug-likeness (QED) is 0.795. The summed E-state index contributed by atoms with van der Waals surface area (Å²) in [6.45, 7) is 3.14. The zero-order valence-electron chi connectivity index (χ0n) is 12.2. The van der Waals surface area contributed by atoms with Crippen molar-refractivity contribution in [1.82, 2.24) is 4.90 Å². The van der Waals surface area contributed by atoms with Gasteiger partial charge in [-0.25, -0.2) is 0 Å². The van der Waals surface area contributed by atoms with Crippen molar-refractivity contribution in [2.24, 2.45) is 11.8 Å². The lowest BCUT2D eigenvalue weighted by atomic mass is 9.83. The second kappa shape index (κ2) is 6.06. The molecule has 0 aromatic heterocycles. The van der Waals surface area contributed by atoms with Crippen molar-refractivity contribution in [3.05, 3.63) is 35.9 Å². The van der Waals surface area contributed by atoms with Crippen LogP contribution in [-0.2, 0) is 16.0 Å². The standard InChI is InChI=1S/C16H23NO2S/c1-18-16(19-2)14-9-17(10-15(16)12-20-11-14)8-13-6-4-3-5-7-13/h3-7,14-15H,8-12H2,1-2H3. The van der Waals surface area contributed by atoms with E-state index in [1.54, 1.807) is 14.2 Å². The number of piperidine rings is 1. The molecule has 0 spiro atoms. The van der Waals surface area contributed by atoms with Crippen molar-refractivity contribution in [3.8, 4) is 0 Å². The molecule has 0 amide bonds. The monoisotopic (exact) mass is 293 g/mol. The summed E-state index contributed by atoms with van der Waals surface area (Å²) in [6.07, 6.45) is 0. The minimum absolute atomic E-state index is 0.363. The minimum Gasteiger partial charge on any atom is -0.352 e. The number of nitrogens with zero attached hydrogens (tertiary/aromatic N) is 1. The number of hydrogen-bond donors (Lipinski definition) is 0. The Labute approximate surface area is 125 Å². The lowest BCUT2D eigenvalue weighted by Crippen LogP contribution is -2.63. The number of rotatable bonds is 4. The topological polar surface area (TPSA) is 21.7 Å². The van der Waals surface area contributed by atoms with E-state index in [-0.39, 0.29) is 5.79 Å². The van der Waals surface area contributed by atoms with E-state index in [2.05, 4.69) is 35.2 Å². The molecule has 3 nitrogen and oxygen atoms in total. The van der Waals surface area contributed by atoms with Crippen molar-refractivity contribution in [3.63, 3.8) is 0 Å². The smallest absolute Gasteiger partial charge is 0.177 e. The molecule has 2 aliphatic heterocycles. The maximum absolute atomic E-state index is 5.83. The lowest BCUT2D eigenvalue weighted by Gasteiger charge is -2.53. The summed E-state index contributed by atoms with van der Waals surface area (Å²) in [4.78, 5) is 2.56. The van der Waals surface area contributed by atoms with Crippen LogP contribution in [0.3, 0.4) is 0 Å². The number of ether oxygens (including phenoxy) is 2. The maximum Gasteiger partial charge on any atom is 0.177 e. The van der Waals surface area contributed by atoms with Crippen LogP contribution in [0.15, 0.2) is 30.3 Å². The molecule has 2 atom stereocenters. The van der Waals surface area contributed by atoms with Crippen LogP contribution in [0.25, 0.3) is 0 Å². The predicted octanol–water partition coefficient (Wildman–Crippen LogP) is 2.47. The van der Waals surface area contributed by atoms with Crippen molar-refractivity contribution in [1.29, 1.82) is 0 Å². The molecule has 110 valence electrons. The van der Waals surface area contributed by atoms with Crippen LogP contribution in [0.2, 0.25) is 0 Å². The molecule has 2 unspecified atom stereocenters. The van der Waals surface area contributed by atoms with Crippen LogP contribution in [0, 0.1) is 11.8 Å². The number of fused-ring (bicyclic) bond motifs is 2. The molecule has 1 aromatic rings. The van der Waals surface area contributed by atoms with Crippen molar-refractivity contribution >= 4 is 11.8 Å².